The summed E-state index contributed by atoms with van der Waals surface area (Å²) >= 11 is 5.14. The average Bonchev–Trinajstić information content (AvgIpc) is 2.80. The van der Waals surface area contributed by atoms with Crippen LogP contribution in [0.4, 0.5) is 0 Å². The van der Waals surface area contributed by atoms with E-state index in [-0.39, 0.29) is 6.10 Å². The van der Waals surface area contributed by atoms with E-state index < -0.39 is 0 Å². The third-order valence-corrected chi connectivity index (χ3v) is 4.66. The summed E-state index contributed by atoms with van der Waals surface area (Å²) in [5, 5.41) is 0. The number of rotatable bonds is 3. The molecule has 0 aliphatic carbocycles. The molecule has 0 saturated carbocycles. The molecule has 0 bridgehead atoms. The van der Waals surface area contributed by atoms with Gasteiger partial charge in [0.05, 0.1) is 4.99 Å². The average molecular weight is 290 g/mol. The first-order chi connectivity index (χ1) is 9.61. The summed E-state index contributed by atoms with van der Waals surface area (Å²) in [6.07, 6.45) is 3.61. The molecular formula is C16H22N2OS. The number of likely N-dealkylation sites (tertiary alicyclic amines) is 1. The van der Waals surface area contributed by atoms with Crippen LogP contribution in [0.5, 0.6) is 5.75 Å². The maximum atomic E-state index is 6.05. The lowest BCUT2D eigenvalue weighted by atomic mass is 9.97. The number of thiocarbonyl (C=S) groups is 1. The van der Waals surface area contributed by atoms with Crippen LogP contribution in [0, 0.1) is 12.8 Å². The van der Waals surface area contributed by atoms with E-state index in [1.807, 2.05) is 0 Å². The molecule has 20 heavy (non-hydrogen) atoms. The molecule has 2 heterocycles. The number of hydrogen-bond acceptors (Lipinski definition) is 3. The SMILES string of the molecule is Cc1ccc2c(c1)CC(CN1CCCC(C(N)=S)C1)O2. The molecule has 3 nitrogen and oxygen atoms in total. The van der Waals surface area contributed by atoms with Crippen molar-refractivity contribution in [2.45, 2.75) is 32.3 Å². The van der Waals surface area contributed by atoms with Crippen LogP contribution in [0.1, 0.15) is 24.0 Å². The predicted octanol–water partition coefficient (Wildman–Crippen LogP) is 2.30. The fraction of sp³-hybridized carbons (Fsp3) is 0.562. The molecule has 1 aromatic rings. The van der Waals surface area contributed by atoms with E-state index in [2.05, 4.69) is 30.0 Å². The second-order valence-corrected chi connectivity index (χ2v) is 6.53. The zero-order valence-electron chi connectivity index (χ0n) is 12.0. The topological polar surface area (TPSA) is 38.5 Å². The molecule has 108 valence electrons. The van der Waals surface area contributed by atoms with Gasteiger partial charge >= 0.3 is 0 Å². The van der Waals surface area contributed by atoms with Gasteiger partial charge in [0.15, 0.2) is 0 Å². The van der Waals surface area contributed by atoms with Gasteiger partial charge in [-0.2, -0.15) is 0 Å². The fourth-order valence-corrected chi connectivity index (χ4v) is 3.49. The Bertz CT molecular complexity index is 517. The highest BCUT2D eigenvalue weighted by molar-refractivity contribution is 7.80. The van der Waals surface area contributed by atoms with Crippen LogP contribution in [0.15, 0.2) is 18.2 Å². The first kappa shape index (κ1) is 13.8. The maximum Gasteiger partial charge on any atom is 0.123 e. The van der Waals surface area contributed by atoms with Crippen molar-refractivity contribution in [1.82, 2.24) is 4.90 Å². The van der Waals surface area contributed by atoms with Crippen molar-refractivity contribution < 1.29 is 4.74 Å². The normalized spacial score (nSPS) is 26.1. The zero-order valence-corrected chi connectivity index (χ0v) is 12.8. The largest absolute Gasteiger partial charge is 0.488 e. The molecule has 3 rings (SSSR count). The Kier molecular flexibility index (Phi) is 3.94. The maximum absolute atomic E-state index is 6.05. The number of piperidine rings is 1. The number of nitrogens with two attached hydrogens (primary N) is 1. The lowest BCUT2D eigenvalue weighted by Crippen LogP contribution is -2.44. The quantitative estimate of drug-likeness (QED) is 0.867. The van der Waals surface area contributed by atoms with Crippen LogP contribution in [-0.2, 0) is 6.42 Å². The second-order valence-electron chi connectivity index (χ2n) is 6.06. The number of hydrogen-bond donors (Lipinski definition) is 1. The highest BCUT2D eigenvalue weighted by Crippen LogP contribution is 2.30. The van der Waals surface area contributed by atoms with Gasteiger partial charge in [0.1, 0.15) is 11.9 Å². The smallest absolute Gasteiger partial charge is 0.123 e. The summed E-state index contributed by atoms with van der Waals surface area (Å²) in [6.45, 7) is 5.23. The number of fused-ring (bicyclic) bond motifs is 1. The number of nitrogens with zero attached hydrogens (tertiary/aromatic N) is 1. The molecular weight excluding hydrogens is 268 g/mol. The summed E-state index contributed by atoms with van der Waals surface area (Å²) in [4.78, 5) is 3.12. The Hall–Kier alpha value is -1.13. The van der Waals surface area contributed by atoms with Gasteiger partial charge in [-0.05, 0) is 37.9 Å². The van der Waals surface area contributed by atoms with Crippen molar-refractivity contribution in [3.05, 3.63) is 29.3 Å². The molecule has 2 aliphatic rings. The molecule has 2 unspecified atom stereocenters. The van der Waals surface area contributed by atoms with Crippen LogP contribution >= 0.6 is 12.2 Å². The molecule has 4 heteroatoms. The molecule has 2 N–H and O–H groups in total. The summed E-state index contributed by atoms with van der Waals surface area (Å²) < 4.78 is 6.05. The van der Waals surface area contributed by atoms with E-state index in [0.717, 1.165) is 38.2 Å². The third kappa shape index (κ3) is 2.96. The molecule has 2 atom stereocenters. The minimum Gasteiger partial charge on any atom is -0.488 e. The molecule has 1 saturated heterocycles. The Balaban J connectivity index is 1.59. The van der Waals surface area contributed by atoms with Crippen molar-refractivity contribution in [3.63, 3.8) is 0 Å². The first-order valence-corrected chi connectivity index (χ1v) is 7.80. The Morgan fingerprint density at radius 1 is 1.50 bits per heavy atom. The molecule has 0 amide bonds. The van der Waals surface area contributed by atoms with Crippen LogP contribution in [0.3, 0.4) is 0 Å². The van der Waals surface area contributed by atoms with Crippen molar-refractivity contribution >= 4 is 17.2 Å². The Morgan fingerprint density at radius 3 is 3.15 bits per heavy atom. The fourth-order valence-electron chi connectivity index (χ4n) is 3.29. The number of benzene rings is 1. The Labute approximate surface area is 126 Å². The summed E-state index contributed by atoms with van der Waals surface area (Å²) in [7, 11) is 0. The van der Waals surface area contributed by atoms with Gasteiger partial charge in [0, 0.05) is 25.4 Å². The minimum atomic E-state index is 0.275. The standard InChI is InChI=1S/C16H22N2OS/c1-11-4-5-15-13(7-11)8-14(19-15)10-18-6-2-3-12(9-18)16(17)20/h4-5,7,12,14H,2-3,6,8-10H2,1H3,(H2,17,20). The number of aryl methyl sites for hydroxylation is 1. The van der Waals surface area contributed by atoms with Crippen LogP contribution in [-0.4, -0.2) is 35.6 Å². The van der Waals surface area contributed by atoms with E-state index in [0.29, 0.717) is 10.9 Å². The van der Waals surface area contributed by atoms with Gasteiger partial charge in [-0.1, -0.05) is 29.9 Å². The zero-order chi connectivity index (χ0) is 14.1. The Morgan fingerprint density at radius 2 is 2.35 bits per heavy atom. The van der Waals surface area contributed by atoms with Crippen LogP contribution in [0.2, 0.25) is 0 Å². The molecule has 0 spiro atoms. The van der Waals surface area contributed by atoms with Gasteiger partial charge in [0.2, 0.25) is 0 Å². The van der Waals surface area contributed by atoms with E-state index in [1.165, 1.54) is 17.5 Å². The first-order valence-electron chi connectivity index (χ1n) is 7.39. The van der Waals surface area contributed by atoms with Crippen LogP contribution in [0.25, 0.3) is 0 Å². The van der Waals surface area contributed by atoms with Crippen molar-refractivity contribution in [2.24, 2.45) is 11.7 Å². The van der Waals surface area contributed by atoms with E-state index in [4.69, 9.17) is 22.7 Å². The summed E-state index contributed by atoms with van der Waals surface area (Å²) in [6, 6.07) is 6.45. The molecule has 2 aliphatic heterocycles. The van der Waals surface area contributed by atoms with Gasteiger partial charge in [0.25, 0.3) is 0 Å². The summed E-state index contributed by atoms with van der Waals surface area (Å²) in [5.74, 6) is 1.44. The molecule has 0 aromatic heterocycles. The molecule has 0 radical (unpaired) electrons. The van der Waals surface area contributed by atoms with Crippen molar-refractivity contribution in [3.8, 4) is 5.75 Å². The van der Waals surface area contributed by atoms with E-state index in [1.54, 1.807) is 0 Å². The summed E-state index contributed by atoms with van der Waals surface area (Å²) in [5.41, 5.74) is 8.45. The minimum absolute atomic E-state index is 0.275. The lowest BCUT2D eigenvalue weighted by Gasteiger charge is -2.33. The van der Waals surface area contributed by atoms with Gasteiger partial charge in [-0.25, -0.2) is 0 Å². The monoisotopic (exact) mass is 290 g/mol. The van der Waals surface area contributed by atoms with Gasteiger partial charge < -0.3 is 10.5 Å². The highest BCUT2D eigenvalue weighted by Gasteiger charge is 2.28. The molecule has 1 aromatic carbocycles. The predicted molar refractivity (Wildman–Crippen MR) is 85.2 cm³/mol. The molecule has 1 fully saturated rings. The van der Waals surface area contributed by atoms with Crippen molar-refractivity contribution in [1.29, 1.82) is 0 Å². The lowest BCUT2D eigenvalue weighted by molar-refractivity contribution is 0.124. The van der Waals surface area contributed by atoms with Crippen molar-refractivity contribution in [2.75, 3.05) is 19.6 Å². The van der Waals surface area contributed by atoms with Crippen LogP contribution < -0.4 is 10.5 Å². The third-order valence-electron chi connectivity index (χ3n) is 4.33. The van der Waals surface area contributed by atoms with Gasteiger partial charge in [-0.15, -0.1) is 0 Å². The van der Waals surface area contributed by atoms with E-state index >= 15 is 0 Å². The highest BCUT2D eigenvalue weighted by atomic mass is 32.1. The second kappa shape index (κ2) is 5.70. The van der Waals surface area contributed by atoms with E-state index in [9.17, 15) is 0 Å². The van der Waals surface area contributed by atoms with Gasteiger partial charge in [-0.3, -0.25) is 4.90 Å². The number of ether oxygens (including phenoxy) is 1.